The molecule has 2 N–H and O–H groups in total. The number of rotatable bonds is 8. The van der Waals surface area contributed by atoms with Crippen LogP contribution in [0.15, 0.2) is 40.3 Å². The minimum atomic E-state index is 0.0506. The van der Waals surface area contributed by atoms with E-state index >= 15 is 0 Å². The number of hydrogen-bond donors (Lipinski definition) is 2. The number of nitrogens with one attached hydrogen (secondary N) is 2. The summed E-state index contributed by atoms with van der Waals surface area (Å²) in [6, 6.07) is 8.12. The van der Waals surface area contributed by atoms with E-state index in [0.29, 0.717) is 5.75 Å². The molecule has 1 heterocycles. The summed E-state index contributed by atoms with van der Waals surface area (Å²) in [5.74, 6) is 0.424. The normalized spacial score (nSPS) is 14.0. The van der Waals surface area contributed by atoms with Gasteiger partial charge in [0.1, 0.15) is 0 Å². The molecular formula is C19H24N4OS2. The first-order valence-electron chi connectivity index (χ1n) is 8.93. The molecule has 0 spiro atoms. The number of anilines is 2. The number of aromatic nitrogens is 2. The maximum absolute atomic E-state index is 12.0. The Morgan fingerprint density at radius 2 is 2.08 bits per heavy atom. The van der Waals surface area contributed by atoms with Crippen LogP contribution < -0.4 is 10.6 Å². The minimum Gasteiger partial charge on any atom is -0.355 e. The Morgan fingerprint density at radius 3 is 2.85 bits per heavy atom. The number of nitrogens with zero attached hydrogens (tertiary/aromatic N) is 2. The fourth-order valence-electron chi connectivity index (χ4n) is 2.75. The monoisotopic (exact) mass is 388 g/mol. The van der Waals surface area contributed by atoms with Crippen LogP contribution in [0.2, 0.25) is 0 Å². The smallest absolute Gasteiger partial charge is 0.230 e. The van der Waals surface area contributed by atoms with Gasteiger partial charge in [-0.05, 0) is 51.2 Å². The molecule has 1 aliphatic carbocycles. The molecular weight excluding hydrogens is 364 g/mol. The lowest BCUT2D eigenvalue weighted by atomic mass is 9.97. The molecule has 1 aliphatic rings. The van der Waals surface area contributed by atoms with E-state index < -0.39 is 0 Å². The van der Waals surface area contributed by atoms with E-state index in [-0.39, 0.29) is 5.91 Å². The molecule has 0 fully saturated rings. The highest BCUT2D eigenvalue weighted by Crippen LogP contribution is 2.27. The lowest BCUT2D eigenvalue weighted by Crippen LogP contribution is -2.26. The Labute approximate surface area is 162 Å². The Kier molecular flexibility index (Phi) is 7.08. The molecule has 5 nitrogen and oxygen atoms in total. The van der Waals surface area contributed by atoms with Crippen molar-refractivity contribution in [2.75, 3.05) is 17.6 Å². The van der Waals surface area contributed by atoms with Crippen molar-refractivity contribution < 1.29 is 4.79 Å². The van der Waals surface area contributed by atoms with Crippen molar-refractivity contribution in [2.45, 2.75) is 43.4 Å². The molecule has 1 aromatic carbocycles. The molecule has 7 heteroatoms. The van der Waals surface area contributed by atoms with Crippen LogP contribution in [0.3, 0.4) is 0 Å². The molecule has 2 aromatic rings. The fraction of sp³-hybridized carbons (Fsp3) is 0.421. The Bertz CT molecular complexity index is 755. The zero-order valence-corrected chi connectivity index (χ0v) is 16.6. The summed E-state index contributed by atoms with van der Waals surface area (Å²) in [5.41, 5.74) is 3.69. The largest absolute Gasteiger partial charge is 0.355 e. The van der Waals surface area contributed by atoms with Gasteiger partial charge in [0.25, 0.3) is 0 Å². The highest BCUT2D eigenvalue weighted by Gasteiger charge is 2.09. The van der Waals surface area contributed by atoms with Gasteiger partial charge in [0.05, 0.1) is 5.75 Å². The predicted molar refractivity (Wildman–Crippen MR) is 109 cm³/mol. The molecule has 0 unspecified atom stereocenters. The number of amides is 1. The number of carbonyl (C=O) groups is 1. The second kappa shape index (κ2) is 9.73. The molecule has 0 aliphatic heterocycles. The number of carbonyl (C=O) groups excluding carboxylic acids is 1. The van der Waals surface area contributed by atoms with Crippen LogP contribution in [-0.4, -0.2) is 28.4 Å². The third-order valence-electron chi connectivity index (χ3n) is 4.19. The van der Waals surface area contributed by atoms with Gasteiger partial charge >= 0.3 is 0 Å². The van der Waals surface area contributed by atoms with Crippen molar-refractivity contribution in [3.63, 3.8) is 0 Å². The predicted octanol–water partition coefficient (Wildman–Crippen LogP) is 4.69. The van der Waals surface area contributed by atoms with Crippen molar-refractivity contribution in [3.8, 4) is 0 Å². The highest BCUT2D eigenvalue weighted by molar-refractivity contribution is 8.01. The average Bonchev–Trinajstić information content (AvgIpc) is 3.10. The van der Waals surface area contributed by atoms with Crippen LogP contribution in [-0.2, 0) is 4.79 Å². The minimum absolute atomic E-state index is 0.0506. The summed E-state index contributed by atoms with van der Waals surface area (Å²) in [6.07, 6.45) is 8.26. The maximum atomic E-state index is 12.0. The third kappa shape index (κ3) is 6.14. The zero-order chi connectivity index (χ0) is 18.2. The van der Waals surface area contributed by atoms with E-state index in [1.54, 1.807) is 0 Å². The molecule has 0 bridgehead atoms. The highest BCUT2D eigenvalue weighted by atomic mass is 32.2. The average molecular weight is 389 g/mol. The standard InChI is InChI=1S/C19H24N4OS2/c1-14-7-9-16(10-8-14)21-18-22-23-19(26-18)25-13-17(24)20-12-11-15-5-3-2-4-6-15/h5,7-10H,2-4,6,11-13H2,1H3,(H,20,24)(H,21,22). The lowest BCUT2D eigenvalue weighted by molar-refractivity contribution is -0.118. The van der Waals surface area contributed by atoms with Crippen LogP contribution >= 0.6 is 23.1 Å². The molecule has 138 valence electrons. The first-order valence-corrected chi connectivity index (χ1v) is 10.7. The van der Waals surface area contributed by atoms with Crippen molar-refractivity contribution in [1.29, 1.82) is 0 Å². The second-order valence-corrected chi connectivity index (χ2v) is 8.56. The van der Waals surface area contributed by atoms with Gasteiger partial charge in [0.15, 0.2) is 4.34 Å². The number of thioether (sulfide) groups is 1. The van der Waals surface area contributed by atoms with E-state index in [9.17, 15) is 4.79 Å². The number of hydrogen-bond acceptors (Lipinski definition) is 6. The number of benzene rings is 1. The van der Waals surface area contributed by atoms with Crippen LogP contribution in [0.1, 0.15) is 37.7 Å². The fourth-order valence-corrected chi connectivity index (χ4v) is 4.35. The first kappa shape index (κ1) is 18.9. The van der Waals surface area contributed by atoms with Gasteiger partial charge < -0.3 is 10.6 Å². The molecule has 1 amide bonds. The van der Waals surface area contributed by atoms with Crippen LogP contribution in [0.4, 0.5) is 10.8 Å². The Balaban J connectivity index is 1.37. The Hall–Kier alpha value is -1.86. The summed E-state index contributed by atoms with van der Waals surface area (Å²) in [4.78, 5) is 12.0. The summed E-state index contributed by atoms with van der Waals surface area (Å²) < 4.78 is 0.796. The van der Waals surface area contributed by atoms with Crippen molar-refractivity contribution in [2.24, 2.45) is 0 Å². The Morgan fingerprint density at radius 1 is 1.23 bits per heavy atom. The molecule has 0 radical (unpaired) electrons. The summed E-state index contributed by atoms with van der Waals surface area (Å²) in [5, 5.41) is 15.2. The van der Waals surface area contributed by atoms with Gasteiger partial charge in [-0.15, -0.1) is 10.2 Å². The lowest BCUT2D eigenvalue weighted by Gasteiger charge is -2.12. The molecule has 26 heavy (non-hydrogen) atoms. The van der Waals surface area contributed by atoms with E-state index in [0.717, 1.165) is 28.1 Å². The molecule has 0 saturated carbocycles. The molecule has 0 saturated heterocycles. The summed E-state index contributed by atoms with van der Waals surface area (Å²) >= 11 is 2.89. The zero-order valence-electron chi connectivity index (χ0n) is 15.0. The number of allylic oxidation sites excluding steroid dienone is 1. The van der Waals surface area contributed by atoms with Crippen molar-refractivity contribution >= 4 is 39.8 Å². The van der Waals surface area contributed by atoms with Crippen molar-refractivity contribution in [1.82, 2.24) is 15.5 Å². The molecule has 3 rings (SSSR count). The van der Waals surface area contributed by atoms with Crippen LogP contribution in [0.25, 0.3) is 0 Å². The summed E-state index contributed by atoms with van der Waals surface area (Å²) in [6.45, 7) is 2.78. The van der Waals surface area contributed by atoms with Crippen LogP contribution in [0, 0.1) is 6.92 Å². The van der Waals surface area contributed by atoms with Gasteiger partial charge in [-0.1, -0.05) is 52.4 Å². The maximum Gasteiger partial charge on any atom is 0.230 e. The summed E-state index contributed by atoms with van der Waals surface area (Å²) in [7, 11) is 0. The van der Waals surface area contributed by atoms with Crippen molar-refractivity contribution in [3.05, 3.63) is 41.5 Å². The SMILES string of the molecule is Cc1ccc(Nc2nnc(SCC(=O)NCCC3=CCCCC3)s2)cc1. The molecule has 0 atom stereocenters. The van der Waals surface area contributed by atoms with E-state index in [1.165, 1.54) is 59.9 Å². The third-order valence-corrected chi connectivity index (χ3v) is 6.16. The van der Waals surface area contributed by atoms with Gasteiger partial charge in [0.2, 0.25) is 11.0 Å². The first-order chi connectivity index (χ1) is 12.7. The second-order valence-electron chi connectivity index (χ2n) is 6.36. The van der Waals surface area contributed by atoms with E-state index in [2.05, 4.69) is 33.8 Å². The molecule has 1 aromatic heterocycles. The quantitative estimate of drug-likeness (QED) is 0.507. The van der Waals surface area contributed by atoms with Crippen LogP contribution in [0.5, 0.6) is 0 Å². The van der Waals surface area contributed by atoms with Gasteiger partial charge in [-0.3, -0.25) is 4.79 Å². The topological polar surface area (TPSA) is 66.9 Å². The number of aryl methyl sites for hydroxylation is 1. The van der Waals surface area contributed by atoms with E-state index in [4.69, 9.17) is 0 Å². The van der Waals surface area contributed by atoms with E-state index in [1.807, 2.05) is 24.3 Å². The van der Waals surface area contributed by atoms with Gasteiger partial charge in [-0.25, -0.2) is 0 Å². The van der Waals surface area contributed by atoms with Gasteiger partial charge in [0, 0.05) is 12.2 Å². The van der Waals surface area contributed by atoms with Gasteiger partial charge in [-0.2, -0.15) is 0 Å².